The molecule has 1 rings (SSSR count). The fraction of sp³-hybridized carbons (Fsp3) is 0.250. The molecule has 9 heavy (non-hydrogen) atoms. The summed E-state index contributed by atoms with van der Waals surface area (Å²) < 4.78 is 0. The van der Waals surface area contributed by atoms with Gasteiger partial charge in [0.05, 0.1) is 6.10 Å². The lowest BCUT2D eigenvalue weighted by Gasteiger charge is -1.99. The lowest BCUT2D eigenvalue weighted by molar-refractivity contribution is 0.227. The fourth-order valence-corrected chi connectivity index (χ4v) is 0.696. The molecule has 0 saturated heterocycles. The van der Waals surface area contributed by atoms with E-state index in [0.717, 1.165) is 6.42 Å². The summed E-state index contributed by atoms with van der Waals surface area (Å²) in [6.45, 7) is 0. The van der Waals surface area contributed by atoms with E-state index in [0.29, 0.717) is 0 Å². The Labute approximate surface area is 55.0 Å². The number of allylic oxidation sites excluding steroid dienone is 4. The highest BCUT2D eigenvalue weighted by molar-refractivity contribution is 5.15. The van der Waals surface area contributed by atoms with E-state index in [1.807, 2.05) is 30.4 Å². The van der Waals surface area contributed by atoms with Crippen LogP contribution in [0.15, 0.2) is 36.5 Å². The molecule has 0 spiro atoms. The molecule has 1 aliphatic carbocycles. The van der Waals surface area contributed by atoms with Crippen molar-refractivity contribution in [3.05, 3.63) is 36.5 Å². The summed E-state index contributed by atoms with van der Waals surface area (Å²) in [6.07, 6.45) is 11.8. The molecular formula is C8H10O. The molecule has 1 nitrogen and oxygen atoms in total. The number of rotatable bonds is 0. The van der Waals surface area contributed by atoms with Crippen LogP contribution in [0.3, 0.4) is 0 Å². The van der Waals surface area contributed by atoms with Gasteiger partial charge in [0.25, 0.3) is 0 Å². The van der Waals surface area contributed by atoms with Crippen molar-refractivity contribution in [3.8, 4) is 0 Å². The van der Waals surface area contributed by atoms with Gasteiger partial charge in [0.1, 0.15) is 0 Å². The summed E-state index contributed by atoms with van der Waals surface area (Å²) in [5, 5.41) is 9.04. The Balaban J connectivity index is 2.59. The molecule has 0 heterocycles. The van der Waals surface area contributed by atoms with E-state index >= 15 is 0 Å². The molecule has 1 aliphatic rings. The first-order valence-electron chi connectivity index (χ1n) is 3.07. The van der Waals surface area contributed by atoms with Gasteiger partial charge in [-0.3, -0.25) is 0 Å². The maximum atomic E-state index is 9.04. The fourth-order valence-electron chi connectivity index (χ4n) is 0.696. The summed E-state index contributed by atoms with van der Waals surface area (Å²) in [7, 11) is 0. The Morgan fingerprint density at radius 1 is 1.11 bits per heavy atom. The normalized spacial score (nSPS) is 36.3. The molecular weight excluding hydrogens is 112 g/mol. The van der Waals surface area contributed by atoms with Gasteiger partial charge < -0.3 is 5.11 Å². The number of hydrogen-bond donors (Lipinski definition) is 1. The lowest BCUT2D eigenvalue weighted by atomic mass is 10.2. The van der Waals surface area contributed by atoms with Crippen LogP contribution >= 0.6 is 0 Å². The first-order valence-corrected chi connectivity index (χ1v) is 3.07. The number of aliphatic hydroxyl groups excluding tert-OH is 1. The topological polar surface area (TPSA) is 20.2 Å². The third kappa shape index (κ3) is 2.29. The summed E-state index contributed by atoms with van der Waals surface area (Å²) in [5.74, 6) is 0. The Morgan fingerprint density at radius 3 is 2.78 bits per heavy atom. The number of hydrogen-bond acceptors (Lipinski definition) is 1. The second kappa shape index (κ2) is 3.25. The van der Waals surface area contributed by atoms with E-state index in [4.69, 9.17) is 5.11 Å². The van der Waals surface area contributed by atoms with E-state index in [2.05, 4.69) is 0 Å². The molecule has 0 aromatic heterocycles. The summed E-state index contributed by atoms with van der Waals surface area (Å²) >= 11 is 0. The van der Waals surface area contributed by atoms with Crippen molar-refractivity contribution in [1.29, 1.82) is 0 Å². The van der Waals surface area contributed by atoms with Crippen molar-refractivity contribution in [2.45, 2.75) is 12.5 Å². The Hall–Kier alpha value is -0.820. The van der Waals surface area contributed by atoms with E-state index in [1.54, 1.807) is 6.08 Å². The molecule has 1 atom stereocenters. The Kier molecular flexibility index (Phi) is 2.28. The third-order valence-electron chi connectivity index (χ3n) is 1.18. The van der Waals surface area contributed by atoms with E-state index in [1.165, 1.54) is 0 Å². The molecule has 0 amide bonds. The van der Waals surface area contributed by atoms with Gasteiger partial charge in [0.15, 0.2) is 0 Å². The van der Waals surface area contributed by atoms with Crippen LogP contribution in [-0.2, 0) is 0 Å². The van der Waals surface area contributed by atoms with Gasteiger partial charge in [0.2, 0.25) is 0 Å². The summed E-state index contributed by atoms with van der Waals surface area (Å²) in [5.41, 5.74) is 0. The van der Waals surface area contributed by atoms with Crippen molar-refractivity contribution in [1.82, 2.24) is 0 Å². The predicted octanol–water partition coefficient (Wildman–Crippen LogP) is 1.42. The molecule has 0 fully saturated rings. The summed E-state index contributed by atoms with van der Waals surface area (Å²) in [4.78, 5) is 0. The van der Waals surface area contributed by atoms with Crippen LogP contribution in [-0.4, -0.2) is 11.2 Å². The number of aliphatic hydroxyl groups is 1. The van der Waals surface area contributed by atoms with Gasteiger partial charge in [0, 0.05) is 0 Å². The molecule has 0 aliphatic heterocycles. The second-order valence-electron chi connectivity index (χ2n) is 2.00. The van der Waals surface area contributed by atoms with E-state index in [9.17, 15) is 0 Å². The first-order chi connectivity index (χ1) is 4.39. The molecule has 0 radical (unpaired) electrons. The third-order valence-corrected chi connectivity index (χ3v) is 1.18. The highest BCUT2D eigenvalue weighted by atomic mass is 16.3. The predicted molar refractivity (Wildman–Crippen MR) is 38.0 cm³/mol. The van der Waals surface area contributed by atoms with Gasteiger partial charge in [-0.15, -0.1) is 0 Å². The zero-order valence-electron chi connectivity index (χ0n) is 5.20. The Morgan fingerprint density at radius 2 is 1.89 bits per heavy atom. The van der Waals surface area contributed by atoms with Crippen LogP contribution in [0.2, 0.25) is 0 Å². The van der Waals surface area contributed by atoms with Crippen LogP contribution in [0.25, 0.3) is 0 Å². The second-order valence-corrected chi connectivity index (χ2v) is 2.00. The summed E-state index contributed by atoms with van der Waals surface area (Å²) in [6, 6.07) is 0. The van der Waals surface area contributed by atoms with E-state index < -0.39 is 0 Å². The van der Waals surface area contributed by atoms with Crippen molar-refractivity contribution in [2.75, 3.05) is 0 Å². The zero-order chi connectivity index (χ0) is 6.53. The van der Waals surface area contributed by atoms with Gasteiger partial charge in [-0.25, -0.2) is 0 Å². The largest absolute Gasteiger partial charge is 0.389 e. The highest BCUT2D eigenvalue weighted by Crippen LogP contribution is 1.98. The van der Waals surface area contributed by atoms with Crippen molar-refractivity contribution in [2.24, 2.45) is 0 Å². The molecule has 1 heteroatoms. The zero-order valence-corrected chi connectivity index (χ0v) is 5.20. The lowest BCUT2D eigenvalue weighted by Crippen LogP contribution is -1.98. The van der Waals surface area contributed by atoms with Gasteiger partial charge in [-0.05, 0) is 6.42 Å². The van der Waals surface area contributed by atoms with Crippen LogP contribution < -0.4 is 0 Å². The van der Waals surface area contributed by atoms with Gasteiger partial charge in [-0.1, -0.05) is 36.5 Å². The standard InChI is InChI=1S/C8H10O/c9-8-6-4-2-1-3-5-7-8/h1-6,8-9H,7H2/b2-1-,5-3-,6-4-. The monoisotopic (exact) mass is 122 g/mol. The first kappa shape index (κ1) is 6.30. The molecule has 48 valence electrons. The molecule has 1 unspecified atom stereocenters. The average Bonchev–Trinajstić information content (AvgIpc) is 1.79. The maximum absolute atomic E-state index is 9.04. The van der Waals surface area contributed by atoms with Crippen LogP contribution in [0.1, 0.15) is 6.42 Å². The minimum absolute atomic E-state index is 0.300. The molecule has 1 N–H and O–H groups in total. The van der Waals surface area contributed by atoms with Crippen molar-refractivity contribution in [3.63, 3.8) is 0 Å². The highest BCUT2D eigenvalue weighted by Gasteiger charge is 1.92. The molecule has 0 bridgehead atoms. The quantitative estimate of drug-likeness (QED) is 0.515. The minimum atomic E-state index is -0.300. The van der Waals surface area contributed by atoms with Crippen molar-refractivity contribution >= 4 is 0 Å². The van der Waals surface area contributed by atoms with Gasteiger partial charge >= 0.3 is 0 Å². The maximum Gasteiger partial charge on any atom is 0.0758 e. The average molecular weight is 122 g/mol. The molecule has 0 saturated carbocycles. The van der Waals surface area contributed by atoms with Crippen LogP contribution in [0, 0.1) is 0 Å². The van der Waals surface area contributed by atoms with Crippen molar-refractivity contribution < 1.29 is 5.11 Å². The molecule has 0 aromatic carbocycles. The SMILES string of the molecule is OC1\C=C/C=C\C=C/C1. The molecule has 0 aromatic rings. The van der Waals surface area contributed by atoms with Gasteiger partial charge in [-0.2, -0.15) is 0 Å². The minimum Gasteiger partial charge on any atom is -0.389 e. The van der Waals surface area contributed by atoms with Crippen LogP contribution in [0.4, 0.5) is 0 Å². The smallest absolute Gasteiger partial charge is 0.0758 e. The van der Waals surface area contributed by atoms with Crippen LogP contribution in [0.5, 0.6) is 0 Å². The Bertz CT molecular complexity index is 154. The van der Waals surface area contributed by atoms with E-state index in [-0.39, 0.29) is 6.10 Å².